The van der Waals surface area contributed by atoms with E-state index in [0.717, 1.165) is 15.7 Å². The molecule has 1 aromatic heterocycles. The third kappa shape index (κ3) is 2.22. The van der Waals surface area contributed by atoms with Gasteiger partial charge < -0.3 is 10.3 Å². The highest BCUT2D eigenvalue weighted by Crippen LogP contribution is 2.20. The lowest BCUT2D eigenvalue weighted by Crippen LogP contribution is -2.28. The Morgan fingerprint density at radius 2 is 1.83 bits per heavy atom. The summed E-state index contributed by atoms with van der Waals surface area (Å²) in [6, 6.07) is 11.1. The number of nitrogens with two attached hydrogens (primary N) is 1. The number of nitrogens with one attached hydrogen (secondary N) is 1. The molecule has 1 heterocycles. The maximum Gasteiger partial charge on any atom is 0.261 e. The molecule has 0 aliphatic heterocycles. The van der Waals surface area contributed by atoms with Gasteiger partial charge in [-0.05, 0) is 29.8 Å². The number of halogens is 1. The molecule has 0 atom stereocenters. The topological polar surface area (TPSA) is 71.9 Å². The first kappa shape index (κ1) is 12.6. The van der Waals surface area contributed by atoms with E-state index in [1.165, 1.54) is 4.57 Å². The summed E-state index contributed by atoms with van der Waals surface area (Å²) in [5.41, 5.74) is 7.04. The van der Waals surface area contributed by atoms with Crippen LogP contribution in [0.2, 0.25) is 0 Å². The quantitative estimate of drug-likeness (QED) is 0.659. The number of nitrogens with zero attached hydrogens (tertiary/aromatic N) is 1. The van der Waals surface area contributed by atoms with Crippen molar-refractivity contribution in [3.63, 3.8) is 0 Å². The molecule has 92 valence electrons. The maximum atomic E-state index is 12.0. The first-order valence-electron chi connectivity index (χ1n) is 5.31. The number of nitrogen functional groups attached to an aromatic ring is 1. The largest absolute Gasteiger partial charge is 0.384 e. The molecule has 5 heteroatoms. The van der Waals surface area contributed by atoms with Crippen molar-refractivity contribution in [3.8, 4) is 11.3 Å². The van der Waals surface area contributed by atoms with Crippen LogP contribution in [0.3, 0.4) is 0 Å². The van der Waals surface area contributed by atoms with Crippen LogP contribution in [0.15, 0.2) is 45.7 Å². The standard InChI is InChI=1S/C13H12BrN3O/c1-17-11(8-2-4-9(14)5-3-8)7-6-10(12(15)16)13(17)18/h2-7H,1H3,(H3,15,16). The smallest absolute Gasteiger partial charge is 0.261 e. The van der Waals surface area contributed by atoms with E-state index in [4.69, 9.17) is 11.1 Å². The van der Waals surface area contributed by atoms with E-state index in [1.54, 1.807) is 19.2 Å². The van der Waals surface area contributed by atoms with Crippen molar-refractivity contribution in [2.45, 2.75) is 0 Å². The molecular formula is C13H12BrN3O. The van der Waals surface area contributed by atoms with E-state index in [2.05, 4.69) is 15.9 Å². The predicted octanol–water partition coefficient (Wildman–Crippen LogP) is 2.10. The molecule has 3 N–H and O–H groups in total. The minimum atomic E-state index is -0.261. The Kier molecular flexibility index (Phi) is 3.34. The van der Waals surface area contributed by atoms with Crippen molar-refractivity contribution >= 4 is 21.8 Å². The molecule has 0 fully saturated rings. The molecule has 0 bridgehead atoms. The van der Waals surface area contributed by atoms with Gasteiger partial charge in [0.1, 0.15) is 5.84 Å². The monoisotopic (exact) mass is 305 g/mol. The lowest BCUT2D eigenvalue weighted by molar-refractivity contribution is 0.866. The van der Waals surface area contributed by atoms with Gasteiger partial charge in [-0.1, -0.05) is 28.1 Å². The highest BCUT2D eigenvalue weighted by Gasteiger charge is 2.09. The number of amidine groups is 1. The molecule has 0 saturated heterocycles. The summed E-state index contributed by atoms with van der Waals surface area (Å²) in [7, 11) is 1.67. The number of hydrogen-bond acceptors (Lipinski definition) is 2. The van der Waals surface area contributed by atoms with Gasteiger partial charge in [0.25, 0.3) is 5.56 Å². The van der Waals surface area contributed by atoms with E-state index in [0.29, 0.717) is 0 Å². The van der Waals surface area contributed by atoms with Crippen LogP contribution >= 0.6 is 15.9 Å². The summed E-state index contributed by atoms with van der Waals surface area (Å²) in [6.07, 6.45) is 0. The van der Waals surface area contributed by atoms with E-state index < -0.39 is 0 Å². The van der Waals surface area contributed by atoms with Crippen molar-refractivity contribution in [1.29, 1.82) is 5.41 Å². The third-order valence-corrected chi connectivity index (χ3v) is 3.26. The molecule has 0 radical (unpaired) electrons. The fourth-order valence-electron chi connectivity index (χ4n) is 1.75. The van der Waals surface area contributed by atoms with Gasteiger partial charge in [0.15, 0.2) is 0 Å². The normalized spacial score (nSPS) is 10.3. The van der Waals surface area contributed by atoms with Crippen molar-refractivity contribution in [2.75, 3.05) is 0 Å². The zero-order valence-corrected chi connectivity index (χ0v) is 11.4. The van der Waals surface area contributed by atoms with Gasteiger partial charge in [0, 0.05) is 11.5 Å². The minimum absolute atomic E-state index is 0.210. The van der Waals surface area contributed by atoms with E-state index in [-0.39, 0.29) is 17.0 Å². The SMILES string of the molecule is Cn1c(-c2ccc(Br)cc2)ccc(C(=N)N)c1=O. The summed E-state index contributed by atoms with van der Waals surface area (Å²) in [5, 5.41) is 7.33. The summed E-state index contributed by atoms with van der Waals surface area (Å²) >= 11 is 3.37. The van der Waals surface area contributed by atoms with Crippen LogP contribution in [0.25, 0.3) is 11.3 Å². The van der Waals surface area contributed by atoms with Crippen LogP contribution in [-0.4, -0.2) is 10.4 Å². The van der Waals surface area contributed by atoms with Gasteiger partial charge in [-0.25, -0.2) is 0 Å². The van der Waals surface area contributed by atoms with Crippen molar-refractivity contribution in [3.05, 3.63) is 56.8 Å². The van der Waals surface area contributed by atoms with Crippen molar-refractivity contribution in [2.24, 2.45) is 12.8 Å². The van der Waals surface area contributed by atoms with Crippen molar-refractivity contribution in [1.82, 2.24) is 4.57 Å². The van der Waals surface area contributed by atoms with Crippen LogP contribution in [0.5, 0.6) is 0 Å². The van der Waals surface area contributed by atoms with Crippen molar-refractivity contribution < 1.29 is 0 Å². The second-order valence-corrected chi connectivity index (χ2v) is 4.83. The zero-order chi connectivity index (χ0) is 13.3. The second kappa shape index (κ2) is 4.78. The Morgan fingerprint density at radius 3 is 2.39 bits per heavy atom. The van der Waals surface area contributed by atoms with Gasteiger partial charge in [0.05, 0.1) is 11.3 Å². The van der Waals surface area contributed by atoms with Gasteiger partial charge in [0.2, 0.25) is 0 Å². The van der Waals surface area contributed by atoms with E-state index >= 15 is 0 Å². The Balaban J connectivity index is 2.61. The Bertz CT molecular complexity index is 659. The molecule has 0 aliphatic rings. The summed E-state index contributed by atoms with van der Waals surface area (Å²) in [6.45, 7) is 0. The van der Waals surface area contributed by atoms with Crippen LogP contribution < -0.4 is 11.3 Å². The van der Waals surface area contributed by atoms with Crippen LogP contribution in [0.4, 0.5) is 0 Å². The molecule has 4 nitrogen and oxygen atoms in total. The van der Waals surface area contributed by atoms with Crippen LogP contribution in [-0.2, 0) is 7.05 Å². The summed E-state index contributed by atoms with van der Waals surface area (Å²) in [4.78, 5) is 12.0. The Hall–Kier alpha value is -1.88. The van der Waals surface area contributed by atoms with E-state index in [9.17, 15) is 4.79 Å². The molecule has 2 aromatic rings. The van der Waals surface area contributed by atoms with Crippen LogP contribution in [0.1, 0.15) is 5.56 Å². The third-order valence-electron chi connectivity index (χ3n) is 2.73. The molecule has 0 spiro atoms. The second-order valence-electron chi connectivity index (χ2n) is 3.92. The predicted molar refractivity (Wildman–Crippen MR) is 75.8 cm³/mol. The number of aromatic nitrogens is 1. The molecule has 0 unspecified atom stereocenters. The van der Waals surface area contributed by atoms with Crippen LogP contribution in [0, 0.1) is 5.41 Å². The zero-order valence-electron chi connectivity index (χ0n) is 9.77. The fourth-order valence-corrected chi connectivity index (χ4v) is 2.02. The number of pyridine rings is 1. The maximum absolute atomic E-state index is 12.0. The molecule has 0 amide bonds. The molecule has 2 rings (SSSR count). The fraction of sp³-hybridized carbons (Fsp3) is 0.0769. The van der Waals surface area contributed by atoms with Gasteiger partial charge in [-0.15, -0.1) is 0 Å². The van der Waals surface area contributed by atoms with Gasteiger partial charge in [-0.3, -0.25) is 10.2 Å². The highest BCUT2D eigenvalue weighted by molar-refractivity contribution is 9.10. The average Bonchev–Trinajstić information content (AvgIpc) is 2.33. The summed E-state index contributed by atoms with van der Waals surface area (Å²) < 4.78 is 2.48. The lowest BCUT2D eigenvalue weighted by atomic mass is 10.1. The molecule has 0 saturated carbocycles. The van der Waals surface area contributed by atoms with Gasteiger partial charge >= 0.3 is 0 Å². The number of benzene rings is 1. The van der Waals surface area contributed by atoms with E-state index in [1.807, 2.05) is 24.3 Å². The number of rotatable bonds is 2. The first-order chi connectivity index (χ1) is 8.50. The Labute approximate surface area is 113 Å². The van der Waals surface area contributed by atoms with Gasteiger partial charge in [-0.2, -0.15) is 0 Å². The molecule has 18 heavy (non-hydrogen) atoms. The summed E-state index contributed by atoms with van der Waals surface area (Å²) in [5.74, 6) is -0.210. The Morgan fingerprint density at radius 1 is 1.22 bits per heavy atom. The first-order valence-corrected chi connectivity index (χ1v) is 6.10. The lowest BCUT2D eigenvalue weighted by Gasteiger charge is -2.10. The molecular weight excluding hydrogens is 294 g/mol. The highest BCUT2D eigenvalue weighted by atomic mass is 79.9. The molecule has 0 aliphatic carbocycles. The minimum Gasteiger partial charge on any atom is -0.384 e. The number of hydrogen-bond donors (Lipinski definition) is 2. The average molecular weight is 306 g/mol. The molecule has 1 aromatic carbocycles.